The van der Waals surface area contributed by atoms with Crippen molar-refractivity contribution in [3.8, 4) is 0 Å². The zero-order valence-corrected chi connectivity index (χ0v) is 13.8. The van der Waals surface area contributed by atoms with Crippen molar-refractivity contribution >= 4 is 27.8 Å². The number of fused-ring (bicyclic) bond motifs is 1. The third kappa shape index (κ3) is 2.88. The molecule has 0 saturated carbocycles. The molecule has 0 fully saturated rings. The van der Waals surface area contributed by atoms with E-state index in [1.165, 1.54) is 6.07 Å². The van der Waals surface area contributed by atoms with E-state index < -0.39 is 4.92 Å². The quantitative estimate of drug-likeness (QED) is 0.333. The summed E-state index contributed by atoms with van der Waals surface area (Å²) in [5.41, 5.74) is 4.07. The summed E-state index contributed by atoms with van der Waals surface area (Å²) in [7, 11) is 0. The van der Waals surface area contributed by atoms with Crippen LogP contribution in [-0.2, 0) is 0 Å². The van der Waals surface area contributed by atoms with Crippen molar-refractivity contribution in [3.05, 3.63) is 75.3 Å². The first-order valence-electron chi connectivity index (χ1n) is 7.63. The standard InChI is InChI=1S/C19H17N3O2/c1-12-8-9-15-6-4-5-7-17(15)19(12)21-20-18-11-16(22(23)24)10-13(2)14(18)3/h4-11H,1-3H3/b21-20+. The van der Waals surface area contributed by atoms with Crippen LogP contribution in [0, 0.1) is 30.9 Å². The van der Waals surface area contributed by atoms with Crippen LogP contribution in [-0.4, -0.2) is 4.92 Å². The van der Waals surface area contributed by atoms with Gasteiger partial charge in [0.25, 0.3) is 5.69 Å². The monoisotopic (exact) mass is 319 g/mol. The van der Waals surface area contributed by atoms with Crippen LogP contribution in [0.3, 0.4) is 0 Å². The Labute approximate surface area is 139 Å². The molecular weight excluding hydrogens is 302 g/mol. The molecule has 0 amide bonds. The number of hydrogen-bond acceptors (Lipinski definition) is 4. The zero-order valence-electron chi connectivity index (χ0n) is 13.8. The maximum atomic E-state index is 11.1. The van der Waals surface area contributed by atoms with Crippen molar-refractivity contribution in [2.24, 2.45) is 10.2 Å². The molecule has 0 saturated heterocycles. The first-order chi connectivity index (χ1) is 11.5. The third-order valence-electron chi connectivity index (χ3n) is 4.20. The molecule has 0 spiro atoms. The van der Waals surface area contributed by atoms with Gasteiger partial charge in [-0.15, -0.1) is 10.2 Å². The molecule has 0 N–H and O–H groups in total. The second-order valence-corrected chi connectivity index (χ2v) is 5.82. The minimum atomic E-state index is -0.408. The van der Waals surface area contributed by atoms with E-state index in [2.05, 4.69) is 10.2 Å². The highest BCUT2D eigenvalue weighted by Crippen LogP contribution is 2.33. The van der Waals surface area contributed by atoms with Gasteiger partial charge in [0.2, 0.25) is 0 Å². The summed E-state index contributed by atoms with van der Waals surface area (Å²) in [4.78, 5) is 10.6. The highest BCUT2D eigenvalue weighted by Gasteiger charge is 2.12. The van der Waals surface area contributed by atoms with Gasteiger partial charge in [-0.1, -0.05) is 36.4 Å². The normalized spacial score (nSPS) is 11.3. The summed E-state index contributed by atoms with van der Waals surface area (Å²) in [6.45, 7) is 5.71. The lowest BCUT2D eigenvalue weighted by molar-refractivity contribution is -0.384. The number of non-ortho nitro benzene ring substituents is 1. The Hall–Kier alpha value is -3.08. The molecular formula is C19H17N3O2. The highest BCUT2D eigenvalue weighted by atomic mass is 16.6. The maximum Gasteiger partial charge on any atom is 0.271 e. The lowest BCUT2D eigenvalue weighted by Gasteiger charge is -2.06. The van der Waals surface area contributed by atoms with Crippen LogP contribution < -0.4 is 0 Å². The number of aryl methyl sites for hydroxylation is 2. The van der Waals surface area contributed by atoms with Gasteiger partial charge < -0.3 is 0 Å². The van der Waals surface area contributed by atoms with Gasteiger partial charge in [0.05, 0.1) is 16.3 Å². The molecule has 0 aromatic heterocycles. The minimum absolute atomic E-state index is 0.0293. The van der Waals surface area contributed by atoms with Gasteiger partial charge in [-0.05, 0) is 42.8 Å². The van der Waals surface area contributed by atoms with Gasteiger partial charge in [-0.3, -0.25) is 10.1 Å². The topological polar surface area (TPSA) is 67.9 Å². The second-order valence-electron chi connectivity index (χ2n) is 5.82. The van der Waals surface area contributed by atoms with E-state index in [0.717, 1.165) is 33.2 Å². The van der Waals surface area contributed by atoms with E-state index in [1.54, 1.807) is 6.07 Å². The van der Waals surface area contributed by atoms with Crippen LogP contribution in [0.1, 0.15) is 16.7 Å². The van der Waals surface area contributed by atoms with Gasteiger partial charge >= 0.3 is 0 Å². The van der Waals surface area contributed by atoms with Crippen LogP contribution in [0.2, 0.25) is 0 Å². The summed E-state index contributed by atoms with van der Waals surface area (Å²) in [5.74, 6) is 0. The number of azo groups is 1. The zero-order chi connectivity index (χ0) is 17.3. The molecule has 0 aliphatic heterocycles. The molecule has 120 valence electrons. The van der Waals surface area contributed by atoms with E-state index in [0.29, 0.717) is 5.69 Å². The van der Waals surface area contributed by atoms with E-state index in [1.807, 2.05) is 57.2 Å². The van der Waals surface area contributed by atoms with E-state index in [9.17, 15) is 10.1 Å². The third-order valence-corrected chi connectivity index (χ3v) is 4.20. The summed E-state index contributed by atoms with van der Waals surface area (Å²) >= 11 is 0. The molecule has 24 heavy (non-hydrogen) atoms. The van der Waals surface area contributed by atoms with Crippen molar-refractivity contribution in [2.45, 2.75) is 20.8 Å². The van der Waals surface area contributed by atoms with Gasteiger partial charge in [0.15, 0.2) is 0 Å². The summed E-state index contributed by atoms with van der Waals surface area (Å²) in [6.07, 6.45) is 0. The van der Waals surface area contributed by atoms with Gasteiger partial charge in [0.1, 0.15) is 0 Å². The summed E-state index contributed by atoms with van der Waals surface area (Å²) in [6, 6.07) is 15.0. The number of nitro groups is 1. The average Bonchev–Trinajstić information content (AvgIpc) is 2.57. The number of hydrogen-bond donors (Lipinski definition) is 0. The van der Waals surface area contributed by atoms with Crippen molar-refractivity contribution < 1.29 is 4.92 Å². The van der Waals surface area contributed by atoms with Crippen LogP contribution >= 0.6 is 0 Å². The number of nitro benzene ring substituents is 1. The van der Waals surface area contributed by atoms with Crippen LogP contribution in [0.25, 0.3) is 10.8 Å². The van der Waals surface area contributed by atoms with Gasteiger partial charge in [0, 0.05) is 17.5 Å². The second kappa shape index (κ2) is 6.20. The van der Waals surface area contributed by atoms with E-state index >= 15 is 0 Å². The van der Waals surface area contributed by atoms with E-state index in [4.69, 9.17) is 0 Å². The van der Waals surface area contributed by atoms with Crippen LogP contribution in [0.5, 0.6) is 0 Å². The molecule has 0 radical (unpaired) electrons. The highest BCUT2D eigenvalue weighted by molar-refractivity contribution is 5.93. The molecule has 5 nitrogen and oxygen atoms in total. The molecule has 3 aromatic rings. The Morgan fingerprint density at radius 1 is 0.917 bits per heavy atom. The largest absolute Gasteiger partial charge is 0.271 e. The maximum absolute atomic E-state index is 11.1. The van der Waals surface area contributed by atoms with Crippen molar-refractivity contribution in [1.82, 2.24) is 0 Å². The molecule has 0 aliphatic rings. The smallest absolute Gasteiger partial charge is 0.258 e. The number of benzene rings is 3. The first kappa shape index (κ1) is 15.8. The fraction of sp³-hybridized carbons (Fsp3) is 0.158. The number of rotatable bonds is 3. The fourth-order valence-electron chi connectivity index (χ4n) is 2.63. The Morgan fingerprint density at radius 3 is 2.42 bits per heavy atom. The summed E-state index contributed by atoms with van der Waals surface area (Å²) < 4.78 is 0. The SMILES string of the molecule is Cc1cc([N+](=O)[O-])cc(/N=N/c2c(C)ccc3ccccc23)c1C. The minimum Gasteiger partial charge on any atom is -0.258 e. The Bertz CT molecular complexity index is 978. The first-order valence-corrected chi connectivity index (χ1v) is 7.63. The van der Waals surface area contributed by atoms with Crippen molar-refractivity contribution in [1.29, 1.82) is 0 Å². The molecule has 0 aliphatic carbocycles. The van der Waals surface area contributed by atoms with Gasteiger partial charge in [-0.25, -0.2) is 0 Å². The van der Waals surface area contributed by atoms with Crippen molar-refractivity contribution in [3.63, 3.8) is 0 Å². The van der Waals surface area contributed by atoms with Crippen molar-refractivity contribution in [2.75, 3.05) is 0 Å². The van der Waals surface area contributed by atoms with Crippen LogP contribution in [0.4, 0.5) is 17.1 Å². The van der Waals surface area contributed by atoms with Gasteiger partial charge in [-0.2, -0.15) is 0 Å². The molecule has 3 aromatic carbocycles. The molecule has 0 unspecified atom stereocenters. The molecule has 0 atom stereocenters. The lowest BCUT2D eigenvalue weighted by atomic mass is 10.1. The molecule has 5 heteroatoms. The van der Waals surface area contributed by atoms with E-state index in [-0.39, 0.29) is 5.69 Å². The average molecular weight is 319 g/mol. The Kier molecular flexibility index (Phi) is 4.08. The molecule has 3 rings (SSSR count). The lowest BCUT2D eigenvalue weighted by Crippen LogP contribution is -1.90. The van der Waals surface area contributed by atoms with Crippen LogP contribution in [0.15, 0.2) is 58.8 Å². The Morgan fingerprint density at radius 2 is 1.67 bits per heavy atom. The predicted molar refractivity (Wildman–Crippen MR) is 95.4 cm³/mol. The summed E-state index contributed by atoms with van der Waals surface area (Å²) in [5, 5.41) is 21.9. The Balaban J connectivity index is 2.13. The molecule has 0 heterocycles. The number of nitrogens with zero attached hydrogens (tertiary/aromatic N) is 3. The fourth-order valence-corrected chi connectivity index (χ4v) is 2.63. The molecule has 0 bridgehead atoms. The predicted octanol–water partition coefficient (Wildman–Crippen LogP) is 6.09.